The maximum absolute atomic E-state index is 11.5. The van der Waals surface area contributed by atoms with E-state index in [-0.39, 0.29) is 5.78 Å². The van der Waals surface area contributed by atoms with Crippen molar-refractivity contribution in [2.24, 2.45) is 0 Å². The van der Waals surface area contributed by atoms with Crippen molar-refractivity contribution in [2.75, 3.05) is 20.8 Å². The maximum Gasteiger partial charge on any atom is 0.163 e. The van der Waals surface area contributed by atoms with Crippen molar-refractivity contribution in [2.45, 2.75) is 20.0 Å². The summed E-state index contributed by atoms with van der Waals surface area (Å²) in [6, 6.07) is 5.32. The Kier molecular flexibility index (Phi) is 4.97. The van der Waals surface area contributed by atoms with Gasteiger partial charge in [0.05, 0.1) is 14.2 Å². The van der Waals surface area contributed by atoms with Gasteiger partial charge in [-0.25, -0.2) is 0 Å². The number of hydrogen-bond acceptors (Lipinski definition) is 4. The zero-order valence-corrected chi connectivity index (χ0v) is 10.6. The number of carbonyl (C=O) groups is 1. The van der Waals surface area contributed by atoms with Crippen LogP contribution < -0.4 is 9.47 Å². The third kappa shape index (κ3) is 3.20. The first-order chi connectivity index (χ1) is 8.13. The number of methoxy groups -OCH3 is 2. The van der Waals surface area contributed by atoms with E-state index in [0.29, 0.717) is 18.1 Å². The minimum Gasteiger partial charge on any atom is -0.497 e. The summed E-state index contributed by atoms with van der Waals surface area (Å²) in [5.41, 5.74) is 0.725. The lowest BCUT2D eigenvalue weighted by Crippen LogP contribution is -2.14. The summed E-state index contributed by atoms with van der Waals surface area (Å²) in [6.45, 7) is 3.83. The fourth-order valence-corrected chi connectivity index (χ4v) is 1.63. The molecule has 0 saturated heterocycles. The molecule has 1 aromatic carbocycles. The van der Waals surface area contributed by atoms with E-state index in [1.54, 1.807) is 32.4 Å². The second-order valence-corrected chi connectivity index (χ2v) is 3.55. The van der Waals surface area contributed by atoms with Gasteiger partial charge in [0.1, 0.15) is 17.6 Å². The number of ketones is 1. The van der Waals surface area contributed by atoms with Crippen LogP contribution in [0.4, 0.5) is 0 Å². The Morgan fingerprint density at radius 3 is 2.47 bits per heavy atom. The molecule has 94 valence electrons. The lowest BCUT2D eigenvalue weighted by molar-refractivity contribution is -0.128. The minimum atomic E-state index is -0.583. The highest BCUT2D eigenvalue weighted by Gasteiger charge is 2.21. The van der Waals surface area contributed by atoms with Gasteiger partial charge in [0.2, 0.25) is 0 Å². The summed E-state index contributed by atoms with van der Waals surface area (Å²) in [6.07, 6.45) is -0.583. The lowest BCUT2D eigenvalue weighted by Gasteiger charge is -2.17. The van der Waals surface area contributed by atoms with Gasteiger partial charge in [-0.05, 0) is 26.0 Å². The van der Waals surface area contributed by atoms with Crippen molar-refractivity contribution in [3.8, 4) is 11.5 Å². The highest BCUT2D eigenvalue weighted by atomic mass is 16.5. The van der Waals surface area contributed by atoms with Crippen LogP contribution in [0.15, 0.2) is 18.2 Å². The Bertz CT molecular complexity index is 387. The van der Waals surface area contributed by atoms with Crippen LogP contribution in [-0.4, -0.2) is 26.6 Å². The summed E-state index contributed by atoms with van der Waals surface area (Å²) in [5.74, 6) is 1.23. The molecule has 1 atom stereocenters. The van der Waals surface area contributed by atoms with Gasteiger partial charge in [0.15, 0.2) is 5.78 Å². The van der Waals surface area contributed by atoms with Crippen molar-refractivity contribution in [3.05, 3.63) is 23.8 Å². The Morgan fingerprint density at radius 2 is 2.00 bits per heavy atom. The second-order valence-electron chi connectivity index (χ2n) is 3.55. The van der Waals surface area contributed by atoms with Gasteiger partial charge in [-0.15, -0.1) is 0 Å². The first-order valence-electron chi connectivity index (χ1n) is 5.48. The van der Waals surface area contributed by atoms with E-state index in [1.807, 2.05) is 6.92 Å². The fraction of sp³-hybridized carbons (Fsp3) is 0.462. The number of carbonyl (C=O) groups excluding carboxylic acids is 1. The van der Waals surface area contributed by atoms with Gasteiger partial charge in [-0.2, -0.15) is 0 Å². The lowest BCUT2D eigenvalue weighted by atomic mass is 10.0. The number of hydrogen-bond donors (Lipinski definition) is 0. The maximum atomic E-state index is 11.5. The molecule has 0 fully saturated rings. The quantitative estimate of drug-likeness (QED) is 0.763. The molecule has 1 rings (SSSR count). The molecule has 0 amide bonds. The molecule has 17 heavy (non-hydrogen) atoms. The van der Waals surface area contributed by atoms with E-state index < -0.39 is 6.10 Å². The van der Waals surface area contributed by atoms with Crippen molar-refractivity contribution in [3.63, 3.8) is 0 Å². The van der Waals surface area contributed by atoms with Gasteiger partial charge in [0, 0.05) is 18.2 Å². The predicted molar refractivity (Wildman–Crippen MR) is 64.6 cm³/mol. The molecular weight excluding hydrogens is 220 g/mol. The molecule has 0 N–H and O–H groups in total. The average molecular weight is 238 g/mol. The van der Waals surface area contributed by atoms with E-state index in [2.05, 4.69) is 0 Å². The zero-order chi connectivity index (χ0) is 12.8. The van der Waals surface area contributed by atoms with Crippen LogP contribution in [0.25, 0.3) is 0 Å². The van der Waals surface area contributed by atoms with Gasteiger partial charge in [-0.1, -0.05) is 0 Å². The minimum absolute atomic E-state index is 0.0460. The number of Topliss-reactive ketones (excluding diaryl/α,β-unsaturated/α-hetero) is 1. The molecule has 0 aliphatic carbocycles. The summed E-state index contributed by atoms with van der Waals surface area (Å²) < 4.78 is 15.8. The molecule has 0 aliphatic rings. The van der Waals surface area contributed by atoms with Crippen LogP contribution in [-0.2, 0) is 9.53 Å². The monoisotopic (exact) mass is 238 g/mol. The van der Waals surface area contributed by atoms with Crippen LogP contribution in [0.1, 0.15) is 25.5 Å². The summed E-state index contributed by atoms with van der Waals surface area (Å²) in [7, 11) is 3.14. The highest BCUT2D eigenvalue weighted by Crippen LogP contribution is 2.31. The van der Waals surface area contributed by atoms with Crippen molar-refractivity contribution < 1.29 is 19.0 Å². The predicted octanol–water partition coefficient (Wildman–Crippen LogP) is 2.37. The normalized spacial score (nSPS) is 12.0. The van der Waals surface area contributed by atoms with Gasteiger partial charge < -0.3 is 14.2 Å². The number of rotatable bonds is 6. The van der Waals surface area contributed by atoms with Crippen molar-refractivity contribution in [1.82, 2.24) is 0 Å². The molecule has 0 heterocycles. The number of ether oxygens (including phenoxy) is 3. The third-order valence-electron chi connectivity index (χ3n) is 2.43. The first-order valence-corrected chi connectivity index (χ1v) is 5.48. The van der Waals surface area contributed by atoms with E-state index in [0.717, 1.165) is 5.56 Å². The van der Waals surface area contributed by atoms with Crippen molar-refractivity contribution in [1.29, 1.82) is 0 Å². The van der Waals surface area contributed by atoms with Gasteiger partial charge in [0.25, 0.3) is 0 Å². The standard InChI is InChI=1S/C13H18O4/c1-5-17-13(9(2)14)11-7-6-10(15-3)8-12(11)16-4/h6-8,13H,5H2,1-4H3. The van der Waals surface area contributed by atoms with Crippen LogP contribution in [0, 0.1) is 0 Å². The molecule has 1 unspecified atom stereocenters. The molecule has 4 heteroatoms. The fourth-order valence-electron chi connectivity index (χ4n) is 1.63. The Morgan fingerprint density at radius 1 is 1.29 bits per heavy atom. The van der Waals surface area contributed by atoms with E-state index >= 15 is 0 Å². The molecule has 0 bridgehead atoms. The molecule has 4 nitrogen and oxygen atoms in total. The molecule has 0 radical (unpaired) electrons. The molecular formula is C13H18O4. The average Bonchev–Trinajstić information content (AvgIpc) is 2.35. The highest BCUT2D eigenvalue weighted by molar-refractivity contribution is 5.82. The van der Waals surface area contributed by atoms with Crippen molar-refractivity contribution >= 4 is 5.78 Å². The Balaban J connectivity index is 3.13. The zero-order valence-electron chi connectivity index (χ0n) is 10.6. The van der Waals surface area contributed by atoms with Crippen LogP contribution in [0.3, 0.4) is 0 Å². The van der Waals surface area contributed by atoms with E-state index in [4.69, 9.17) is 14.2 Å². The topological polar surface area (TPSA) is 44.8 Å². The van der Waals surface area contributed by atoms with Crippen LogP contribution in [0.2, 0.25) is 0 Å². The largest absolute Gasteiger partial charge is 0.497 e. The summed E-state index contributed by atoms with van der Waals surface area (Å²) >= 11 is 0. The molecule has 0 spiro atoms. The third-order valence-corrected chi connectivity index (χ3v) is 2.43. The molecule has 0 aliphatic heterocycles. The van der Waals surface area contributed by atoms with Crippen LogP contribution >= 0.6 is 0 Å². The molecule has 0 saturated carbocycles. The molecule has 1 aromatic rings. The Labute approximate surface area is 101 Å². The summed E-state index contributed by atoms with van der Waals surface area (Å²) in [4.78, 5) is 11.5. The van der Waals surface area contributed by atoms with Gasteiger partial charge in [-0.3, -0.25) is 4.79 Å². The Hall–Kier alpha value is -1.55. The SMILES string of the molecule is CCOC(C(C)=O)c1ccc(OC)cc1OC. The smallest absolute Gasteiger partial charge is 0.163 e. The second kappa shape index (κ2) is 6.25. The summed E-state index contributed by atoms with van der Waals surface area (Å²) in [5, 5.41) is 0. The van der Waals surface area contributed by atoms with Crippen LogP contribution in [0.5, 0.6) is 11.5 Å². The molecule has 0 aromatic heterocycles. The van der Waals surface area contributed by atoms with E-state index in [9.17, 15) is 4.79 Å². The first kappa shape index (κ1) is 13.5. The number of benzene rings is 1. The van der Waals surface area contributed by atoms with Gasteiger partial charge >= 0.3 is 0 Å². The van der Waals surface area contributed by atoms with E-state index in [1.165, 1.54) is 6.92 Å².